The number of rotatable bonds is 5. The molecule has 0 saturated carbocycles. The first-order valence-electron chi connectivity index (χ1n) is 6.39. The Labute approximate surface area is 133 Å². The summed E-state index contributed by atoms with van der Waals surface area (Å²) in [5, 5.41) is 0. The first-order valence-corrected chi connectivity index (χ1v) is 6.39. The third-order valence-corrected chi connectivity index (χ3v) is 2.81. The first kappa shape index (κ1) is 17.4. The highest BCUT2D eigenvalue weighted by Crippen LogP contribution is 2.31. The lowest BCUT2D eigenvalue weighted by Crippen LogP contribution is -2.17. The molecule has 1 aromatic carbocycles. The van der Waals surface area contributed by atoms with Crippen molar-refractivity contribution in [3.63, 3.8) is 0 Å². The van der Waals surface area contributed by atoms with Crippen LogP contribution in [0.4, 0.5) is 34.9 Å². The molecule has 0 saturated heterocycles. The summed E-state index contributed by atoms with van der Waals surface area (Å²) < 4.78 is 59.3. The molecule has 0 aliphatic rings. The minimum Gasteiger partial charge on any atom is -0.486 e. The van der Waals surface area contributed by atoms with Crippen LogP contribution in [0, 0.1) is 5.82 Å². The van der Waals surface area contributed by atoms with Gasteiger partial charge in [-0.15, -0.1) is 13.2 Å². The van der Waals surface area contributed by atoms with E-state index in [1.54, 1.807) is 0 Å². The van der Waals surface area contributed by atoms with Crippen molar-refractivity contribution in [1.82, 2.24) is 4.98 Å². The van der Waals surface area contributed by atoms with E-state index >= 15 is 0 Å². The normalized spacial score (nSPS) is 11.2. The highest BCUT2D eigenvalue weighted by Gasteiger charge is 2.31. The Morgan fingerprint density at radius 1 is 1.17 bits per heavy atom. The second kappa shape index (κ2) is 6.66. The number of anilines is 3. The van der Waals surface area contributed by atoms with Gasteiger partial charge in [-0.05, 0) is 18.2 Å². The number of hydrogen-bond acceptors (Lipinski definition) is 7. The molecule has 7 nitrogen and oxygen atoms in total. The van der Waals surface area contributed by atoms with Gasteiger partial charge in [-0.2, -0.15) is 0 Å². The lowest BCUT2D eigenvalue weighted by atomic mass is 10.2. The molecule has 0 aliphatic heterocycles. The van der Waals surface area contributed by atoms with Crippen LogP contribution in [0.3, 0.4) is 0 Å². The number of aromatic nitrogens is 1. The van der Waals surface area contributed by atoms with Crippen LogP contribution in [0.15, 0.2) is 24.3 Å². The minimum absolute atomic E-state index is 0.00908. The predicted molar refractivity (Wildman–Crippen MR) is 78.3 cm³/mol. The molecular weight excluding hydrogens is 334 g/mol. The molecule has 0 radical (unpaired) electrons. The number of pyridine rings is 1. The number of ether oxygens (including phenoxy) is 2. The smallest absolute Gasteiger partial charge is 0.486 e. The summed E-state index contributed by atoms with van der Waals surface area (Å²) in [5.74, 6) is 3.97. The molecule has 0 aliphatic carbocycles. The van der Waals surface area contributed by atoms with Crippen molar-refractivity contribution in [3.8, 4) is 11.5 Å². The van der Waals surface area contributed by atoms with Crippen molar-refractivity contribution < 1.29 is 27.0 Å². The summed E-state index contributed by atoms with van der Waals surface area (Å²) >= 11 is 0. The van der Waals surface area contributed by atoms with E-state index < -0.39 is 24.5 Å². The van der Waals surface area contributed by atoms with Gasteiger partial charge in [0.15, 0.2) is 5.82 Å². The fraction of sp³-hybridized carbons (Fsp3) is 0.154. The van der Waals surface area contributed by atoms with Gasteiger partial charge in [-0.25, -0.2) is 15.2 Å². The Balaban J connectivity index is 2.20. The van der Waals surface area contributed by atoms with Gasteiger partial charge in [0.05, 0.1) is 0 Å². The standard InChI is InChI=1S/C13H13F4N5O2/c14-8-2-1-7(24-13(15,16)17)3-6(8)5-23-9-4-10(18)21-12(22-20)11(9)19/h1-4H,5,19-20H2,(H3,18,21,22). The maximum absolute atomic E-state index is 13.7. The number of nitrogens with zero attached hydrogens (tertiary/aromatic N) is 1. The van der Waals surface area contributed by atoms with Crippen LogP contribution in [-0.2, 0) is 6.61 Å². The average Bonchev–Trinajstić information content (AvgIpc) is 2.49. The lowest BCUT2D eigenvalue weighted by molar-refractivity contribution is -0.274. The van der Waals surface area contributed by atoms with Crippen molar-refractivity contribution in [3.05, 3.63) is 35.6 Å². The molecule has 7 N–H and O–H groups in total. The Morgan fingerprint density at radius 2 is 1.88 bits per heavy atom. The summed E-state index contributed by atoms with van der Waals surface area (Å²) in [5.41, 5.74) is 13.3. The molecule has 0 atom stereocenters. The summed E-state index contributed by atoms with van der Waals surface area (Å²) in [6.45, 7) is -0.418. The molecule has 1 heterocycles. The number of hydrogen-bond donors (Lipinski definition) is 4. The van der Waals surface area contributed by atoms with Gasteiger partial charge >= 0.3 is 6.36 Å². The Kier molecular flexibility index (Phi) is 4.83. The van der Waals surface area contributed by atoms with E-state index in [0.29, 0.717) is 0 Å². The van der Waals surface area contributed by atoms with Gasteiger partial charge in [-0.1, -0.05) is 0 Å². The molecule has 24 heavy (non-hydrogen) atoms. The zero-order valence-corrected chi connectivity index (χ0v) is 12.0. The molecule has 0 unspecified atom stereocenters. The number of alkyl halides is 3. The van der Waals surface area contributed by atoms with Crippen LogP contribution in [0.2, 0.25) is 0 Å². The van der Waals surface area contributed by atoms with Gasteiger partial charge in [-0.3, -0.25) is 0 Å². The monoisotopic (exact) mass is 347 g/mol. The van der Waals surface area contributed by atoms with Crippen LogP contribution >= 0.6 is 0 Å². The van der Waals surface area contributed by atoms with Crippen LogP contribution in [-0.4, -0.2) is 11.3 Å². The Bertz CT molecular complexity index is 739. The fourth-order valence-corrected chi connectivity index (χ4v) is 1.79. The fourth-order valence-electron chi connectivity index (χ4n) is 1.79. The van der Waals surface area contributed by atoms with Crippen LogP contribution < -0.4 is 32.2 Å². The largest absolute Gasteiger partial charge is 0.573 e. The highest BCUT2D eigenvalue weighted by atomic mass is 19.4. The molecule has 0 amide bonds. The molecule has 0 bridgehead atoms. The Morgan fingerprint density at radius 3 is 2.50 bits per heavy atom. The van der Waals surface area contributed by atoms with Crippen molar-refractivity contribution in [2.24, 2.45) is 5.84 Å². The van der Waals surface area contributed by atoms with Crippen LogP contribution in [0.25, 0.3) is 0 Å². The summed E-state index contributed by atoms with van der Waals surface area (Å²) in [4.78, 5) is 3.80. The van der Waals surface area contributed by atoms with Crippen molar-refractivity contribution in [1.29, 1.82) is 0 Å². The van der Waals surface area contributed by atoms with E-state index in [1.165, 1.54) is 6.07 Å². The van der Waals surface area contributed by atoms with Crippen molar-refractivity contribution >= 4 is 17.3 Å². The van der Waals surface area contributed by atoms with E-state index in [0.717, 1.165) is 18.2 Å². The third-order valence-electron chi connectivity index (χ3n) is 2.81. The number of nitrogens with one attached hydrogen (secondary N) is 1. The maximum atomic E-state index is 13.7. The minimum atomic E-state index is -4.89. The van der Waals surface area contributed by atoms with Gasteiger partial charge < -0.3 is 26.4 Å². The molecular formula is C13H13F4N5O2. The second-order valence-electron chi connectivity index (χ2n) is 4.54. The first-order chi connectivity index (χ1) is 11.2. The number of benzene rings is 1. The molecule has 1 aromatic heterocycles. The summed E-state index contributed by atoms with van der Waals surface area (Å²) in [6, 6.07) is 3.81. The highest BCUT2D eigenvalue weighted by molar-refractivity contribution is 5.71. The van der Waals surface area contributed by atoms with Crippen molar-refractivity contribution in [2.75, 3.05) is 16.9 Å². The average molecular weight is 347 g/mol. The second-order valence-corrected chi connectivity index (χ2v) is 4.54. The topological polar surface area (TPSA) is 121 Å². The molecule has 130 valence electrons. The van der Waals surface area contributed by atoms with E-state index in [9.17, 15) is 17.6 Å². The van der Waals surface area contributed by atoms with Crippen molar-refractivity contribution in [2.45, 2.75) is 13.0 Å². The van der Waals surface area contributed by atoms with Crippen LogP contribution in [0.5, 0.6) is 11.5 Å². The predicted octanol–water partition coefficient (Wildman–Crippen LogP) is 2.15. The molecule has 0 spiro atoms. The quantitative estimate of drug-likeness (QED) is 0.371. The third kappa shape index (κ3) is 4.29. The molecule has 11 heteroatoms. The number of halogens is 4. The van der Waals surface area contributed by atoms with E-state index in [-0.39, 0.29) is 28.6 Å². The van der Waals surface area contributed by atoms with E-state index in [2.05, 4.69) is 15.1 Å². The summed E-state index contributed by atoms with van der Waals surface area (Å²) in [7, 11) is 0. The van der Waals surface area contributed by atoms with E-state index in [1.807, 2.05) is 0 Å². The maximum Gasteiger partial charge on any atom is 0.573 e. The van der Waals surface area contributed by atoms with Gasteiger partial charge in [0.1, 0.15) is 35.4 Å². The van der Waals surface area contributed by atoms with Gasteiger partial charge in [0, 0.05) is 11.6 Å². The SMILES string of the molecule is NNc1nc(N)cc(OCc2cc(OC(F)(F)F)ccc2F)c1N. The number of nitrogens with two attached hydrogens (primary N) is 3. The molecule has 2 aromatic rings. The molecule has 0 fully saturated rings. The lowest BCUT2D eigenvalue weighted by Gasteiger charge is -2.14. The summed E-state index contributed by atoms with van der Waals surface area (Å²) in [6.07, 6.45) is -4.89. The van der Waals surface area contributed by atoms with Gasteiger partial charge in [0.25, 0.3) is 0 Å². The van der Waals surface area contributed by atoms with E-state index in [4.69, 9.17) is 22.0 Å². The number of nitrogen functional groups attached to an aromatic ring is 3. The van der Waals surface area contributed by atoms with Gasteiger partial charge in [0.2, 0.25) is 0 Å². The van der Waals surface area contributed by atoms with Crippen LogP contribution in [0.1, 0.15) is 5.56 Å². The zero-order valence-electron chi connectivity index (χ0n) is 12.0. The number of hydrazine groups is 1. The Hall–Kier alpha value is -2.95. The molecule has 2 rings (SSSR count). The zero-order chi connectivity index (χ0) is 17.9.